The Morgan fingerprint density at radius 1 is 1.33 bits per heavy atom. The van der Waals surface area contributed by atoms with Crippen LogP contribution in [0.15, 0.2) is 24.4 Å². The highest BCUT2D eigenvalue weighted by molar-refractivity contribution is 6.34. The second-order valence-corrected chi connectivity index (χ2v) is 7.87. The van der Waals surface area contributed by atoms with Crippen molar-refractivity contribution in [2.24, 2.45) is 11.8 Å². The number of ether oxygens (including phenoxy) is 2. The third-order valence-corrected chi connectivity index (χ3v) is 4.77. The third kappa shape index (κ3) is 4.53. The van der Waals surface area contributed by atoms with Gasteiger partial charge in [0, 0.05) is 24.2 Å². The maximum Gasteiger partial charge on any atom is 0.222 e. The number of pyridine rings is 1. The van der Waals surface area contributed by atoms with Gasteiger partial charge < -0.3 is 14.8 Å². The van der Waals surface area contributed by atoms with E-state index in [0.717, 1.165) is 23.1 Å². The van der Waals surface area contributed by atoms with E-state index in [2.05, 4.69) is 31.1 Å². The molecule has 1 aromatic carbocycles. The Hall–Kier alpha value is -2.27. The molecule has 1 aliphatic heterocycles. The number of rotatable bonds is 6. The molecule has 6 heteroatoms. The summed E-state index contributed by atoms with van der Waals surface area (Å²) < 4.78 is 11.8. The third-order valence-electron chi connectivity index (χ3n) is 4.41. The smallest absolute Gasteiger partial charge is 0.222 e. The molecule has 0 spiro atoms. The van der Waals surface area contributed by atoms with Gasteiger partial charge in [-0.15, -0.1) is 0 Å². The van der Waals surface area contributed by atoms with Crippen LogP contribution in [0.1, 0.15) is 39.7 Å². The maximum absolute atomic E-state index is 11.3. The summed E-state index contributed by atoms with van der Waals surface area (Å²) in [6.45, 7) is 9.04. The van der Waals surface area contributed by atoms with Crippen molar-refractivity contribution in [2.45, 2.75) is 40.7 Å². The lowest BCUT2D eigenvalue weighted by Gasteiger charge is -2.23. The molecule has 2 aromatic rings. The minimum Gasteiger partial charge on any atom is -0.492 e. The summed E-state index contributed by atoms with van der Waals surface area (Å²) in [5.74, 6) is 2.67. The van der Waals surface area contributed by atoms with Crippen LogP contribution in [0.3, 0.4) is 0 Å². The van der Waals surface area contributed by atoms with Gasteiger partial charge in [-0.05, 0) is 42.0 Å². The average molecular weight is 389 g/mol. The molecule has 5 nitrogen and oxygen atoms in total. The van der Waals surface area contributed by atoms with Crippen molar-refractivity contribution in [3.63, 3.8) is 0 Å². The lowest BCUT2D eigenvalue weighted by molar-refractivity contribution is -0.114. The van der Waals surface area contributed by atoms with E-state index < -0.39 is 0 Å². The van der Waals surface area contributed by atoms with E-state index in [9.17, 15) is 4.79 Å². The lowest BCUT2D eigenvalue weighted by Crippen LogP contribution is -2.13. The Morgan fingerprint density at radius 3 is 2.81 bits per heavy atom. The topological polar surface area (TPSA) is 60.5 Å². The predicted molar refractivity (Wildman–Crippen MR) is 107 cm³/mol. The highest BCUT2D eigenvalue weighted by Gasteiger charge is 2.23. The zero-order valence-electron chi connectivity index (χ0n) is 16.1. The molecule has 2 heterocycles. The predicted octanol–water partition coefficient (Wildman–Crippen LogP) is 5.31. The Labute approximate surface area is 165 Å². The Morgan fingerprint density at radius 2 is 2.11 bits per heavy atom. The number of nitrogens with zero attached hydrogens (tertiary/aromatic N) is 1. The molecule has 1 atom stereocenters. The highest BCUT2D eigenvalue weighted by atomic mass is 35.5. The van der Waals surface area contributed by atoms with Crippen molar-refractivity contribution >= 4 is 23.3 Å². The number of aromatic nitrogens is 1. The van der Waals surface area contributed by atoms with E-state index in [4.69, 9.17) is 21.1 Å². The van der Waals surface area contributed by atoms with Crippen molar-refractivity contribution in [1.29, 1.82) is 0 Å². The summed E-state index contributed by atoms with van der Waals surface area (Å²) in [5, 5.41) is 3.19. The number of anilines is 1. The van der Waals surface area contributed by atoms with Gasteiger partial charge in [0.25, 0.3) is 0 Å². The van der Waals surface area contributed by atoms with Gasteiger partial charge in [-0.3, -0.25) is 4.79 Å². The van der Waals surface area contributed by atoms with Crippen LogP contribution < -0.4 is 14.8 Å². The van der Waals surface area contributed by atoms with Gasteiger partial charge in [-0.1, -0.05) is 32.4 Å². The lowest BCUT2D eigenvalue weighted by atomic mass is 9.98. The first kappa shape index (κ1) is 19.5. The fourth-order valence-electron chi connectivity index (χ4n) is 3.36. The van der Waals surface area contributed by atoms with Gasteiger partial charge in [0.15, 0.2) is 0 Å². The Balaban J connectivity index is 1.85. The molecule has 1 N–H and O–H groups in total. The van der Waals surface area contributed by atoms with Crippen molar-refractivity contribution in [3.8, 4) is 22.6 Å². The van der Waals surface area contributed by atoms with E-state index in [0.29, 0.717) is 47.4 Å². The number of carbonyl (C=O) groups is 1. The molecule has 144 valence electrons. The Kier molecular flexibility index (Phi) is 5.90. The SMILES string of the molecule is CC(=O)Nc1cc2c(cn1)COc1c-2ccc(OC[C@H](C)CC(C)C)c1Cl. The van der Waals surface area contributed by atoms with Gasteiger partial charge in [-0.2, -0.15) is 0 Å². The fraction of sp³-hybridized carbons (Fsp3) is 0.429. The normalized spacial score (nSPS) is 13.4. The first-order valence-electron chi connectivity index (χ1n) is 9.20. The first-order chi connectivity index (χ1) is 12.8. The van der Waals surface area contributed by atoms with Gasteiger partial charge >= 0.3 is 0 Å². The molecule has 0 bridgehead atoms. The van der Waals surface area contributed by atoms with Crippen LogP contribution in [-0.2, 0) is 11.4 Å². The molecule has 3 rings (SSSR count). The van der Waals surface area contributed by atoms with E-state index in [1.807, 2.05) is 18.2 Å². The summed E-state index contributed by atoms with van der Waals surface area (Å²) in [4.78, 5) is 15.6. The molecule has 0 saturated carbocycles. The molecule has 0 aliphatic carbocycles. The summed E-state index contributed by atoms with van der Waals surface area (Å²) in [5.41, 5.74) is 2.78. The monoisotopic (exact) mass is 388 g/mol. The van der Waals surface area contributed by atoms with Gasteiger partial charge in [0.2, 0.25) is 5.91 Å². The number of carbonyl (C=O) groups excluding carboxylic acids is 1. The molecule has 1 aromatic heterocycles. The second-order valence-electron chi connectivity index (χ2n) is 7.50. The minimum atomic E-state index is -0.160. The molecule has 0 unspecified atom stereocenters. The van der Waals surface area contributed by atoms with Crippen LogP contribution in [0.5, 0.6) is 11.5 Å². The average Bonchev–Trinajstić information content (AvgIpc) is 2.60. The standard InChI is InChI=1S/C21H25ClN2O3/c1-12(2)7-13(3)10-26-18-6-5-16-17-8-19(24-14(4)25)23-9-15(17)11-27-21(16)20(18)22/h5-6,8-9,12-13H,7,10-11H2,1-4H3,(H,23,24,25)/t13-/m1/s1. The summed E-state index contributed by atoms with van der Waals surface area (Å²) in [7, 11) is 0. The molecule has 0 fully saturated rings. The van der Waals surface area contributed by atoms with Crippen molar-refractivity contribution in [1.82, 2.24) is 4.98 Å². The van der Waals surface area contributed by atoms with Crippen LogP contribution in [0.25, 0.3) is 11.1 Å². The molecule has 0 saturated heterocycles. The highest BCUT2D eigenvalue weighted by Crippen LogP contribution is 2.46. The zero-order chi connectivity index (χ0) is 19.6. The number of nitrogens with one attached hydrogen (secondary N) is 1. The van der Waals surface area contributed by atoms with Crippen molar-refractivity contribution < 1.29 is 14.3 Å². The van der Waals surface area contributed by atoms with E-state index in [-0.39, 0.29) is 5.91 Å². The molecule has 27 heavy (non-hydrogen) atoms. The number of halogens is 1. The molecule has 1 aliphatic rings. The fourth-order valence-corrected chi connectivity index (χ4v) is 3.63. The number of fused-ring (bicyclic) bond motifs is 3. The van der Waals surface area contributed by atoms with Gasteiger partial charge in [-0.25, -0.2) is 4.98 Å². The summed E-state index contributed by atoms with van der Waals surface area (Å²) >= 11 is 6.57. The van der Waals surface area contributed by atoms with Crippen molar-refractivity contribution in [2.75, 3.05) is 11.9 Å². The first-order valence-corrected chi connectivity index (χ1v) is 9.58. The minimum absolute atomic E-state index is 0.160. The number of hydrogen-bond donors (Lipinski definition) is 1. The number of benzene rings is 1. The van der Waals surface area contributed by atoms with E-state index in [1.54, 1.807) is 6.20 Å². The summed E-state index contributed by atoms with van der Waals surface area (Å²) in [6, 6.07) is 5.67. The molecule has 1 amide bonds. The van der Waals surface area contributed by atoms with Gasteiger partial charge in [0.1, 0.15) is 28.9 Å². The van der Waals surface area contributed by atoms with Crippen LogP contribution in [-0.4, -0.2) is 17.5 Å². The van der Waals surface area contributed by atoms with Crippen LogP contribution in [0, 0.1) is 11.8 Å². The maximum atomic E-state index is 11.3. The second kappa shape index (κ2) is 8.17. The molecular formula is C21H25ClN2O3. The van der Waals surface area contributed by atoms with Gasteiger partial charge in [0.05, 0.1) is 6.61 Å². The largest absolute Gasteiger partial charge is 0.492 e. The van der Waals surface area contributed by atoms with Crippen LogP contribution >= 0.6 is 11.6 Å². The van der Waals surface area contributed by atoms with Crippen LogP contribution in [0.4, 0.5) is 5.82 Å². The number of hydrogen-bond acceptors (Lipinski definition) is 4. The summed E-state index contributed by atoms with van der Waals surface area (Å²) in [6.07, 6.45) is 2.82. The molecular weight excluding hydrogens is 364 g/mol. The van der Waals surface area contributed by atoms with Crippen molar-refractivity contribution in [3.05, 3.63) is 35.0 Å². The molecule has 0 radical (unpaired) electrons. The van der Waals surface area contributed by atoms with Crippen LogP contribution in [0.2, 0.25) is 5.02 Å². The van der Waals surface area contributed by atoms with E-state index >= 15 is 0 Å². The quantitative estimate of drug-likeness (QED) is 0.728. The zero-order valence-corrected chi connectivity index (χ0v) is 16.9. The van der Waals surface area contributed by atoms with E-state index in [1.165, 1.54) is 6.92 Å². The Bertz CT molecular complexity index is 852. The number of amides is 1.